The van der Waals surface area contributed by atoms with Crippen LogP contribution in [0, 0.1) is 0 Å². The van der Waals surface area contributed by atoms with E-state index in [0.717, 1.165) is 0 Å². The molecule has 0 saturated heterocycles. The monoisotopic (exact) mass is 497 g/mol. The highest BCUT2D eigenvalue weighted by molar-refractivity contribution is 7.81. The predicted molar refractivity (Wildman–Crippen MR) is 134 cm³/mol. The Morgan fingerprint density at radius 3 is 2.34 bits per heavy atom. The highest BCUT2D eigenvalue weighted by Crippen LogP contribution is 2.35. The van der Waals surface area contributed by atoms with Crippen molar-refractivity contribution in [3.8, 4) is 5.75 Å². The Labute approximate surface area is 208 Å². The molecule has 0 saturated carbocycles. The number of hydrogen-bond acceptors (Lipinski definition) is 8. The van der Waals surface area contributed by atoms with Gasteiger partial charge in [-0.25, -0.2) is 4.79 Å². The molecule has 0 aliphatic heterocycles. The van der Waals surface area contributed by atoms with E-state index in [-0.39, 0.29) is 24.5 Å². The lowest BCUT2D eigenvalue weighted by molar-refractivity contribution is -0.142. The van der Waals surface area contributed by atoms with Crippen LogP contribution >= 0.6 is 12.6 Å². The van der Waals surface area contributed by atoms with E-state index in [0.29, 0.717) is 28.5 Å². The van der Waals surface area contributed by atoms with Crippen LogP contribution in [0.2, 0.25) is 0 Å². The number of esters is 1. The number of nitrogens with one attached hydrogen (secondary N) is 1. The molecule has 3 rings (SSSR count). The van der Waals surface area contributed by atoms with Crippen LogP contribution in [0.5, 0.6) is 5.75 Å². The van der Waals surface area contributed by atoms with Crippen molar-refractivity contribution in [3.05, 3.63) is 77.9 Å². The van der Waals surface area contributed by atoms with Crippen LogP contribution in [0.3, 0.4) is 0 Å². The molecule has 0 bridgehead atoms. The van der Waals surface area contributed by atoms with Gasteiger partial charge in [0.1, 0.15) is 11.9 Å². The quantitative estimate of drug-likeness (QED) is 0.281. The molecule has 0 aromatic heterocycles. The van der Waals surface area contributed by atoms with Gasteiger partial charge in [-0.2, -0.15) is 12.6 Å². The molecule has 35 heavy (non-hydrogen) atoms. The number of fused-ring (bicyclic) bond motifs is 1. The SMILES string of the molecule is CCO[C@H](CCOC(=O)CS)[C@H](OC(=O)NC(=O)c1ccccc1)c1ccc(O)c2ccccc12. The van der Waals surface area contributed by atoms with E-state index in [1.54, 1.807) is 67.6 Å². The predicted octanol–water partition coefficient (Wildman–Crippen LogP) is 4.42. The van der Waals surface area contributed by atoms with Gasteiger partial charge >= 0.3 is 12.1 Å². The van der Waals surface area contributed by atoms with Gasteiger partial charge in [-0.05, 0) is 30.5 Å². The average molecular weight is 498 g/mol. The molecule has 2 atom stereocenters. The fourth-order valence-electron chi connectivity index (χ4n) is 3.66. The van der Waals surface area contributed by atoms with Gasteiger partial charge in [0, 0.05) is 29.5 Å². The fourth-order valence-corrected chi connectivity index (χ4v) is 3.76. The van der Waals surface area contributed by atoms with Crippen molar-refractivity contribution < 1.29 is 33.7 Å². The van der Waals surface area contributed by atoms with Crippen molar-refractivity contribution in [2.75, 3.05) is 19.0 Å². The maximum absolute atomic E-state index is 12.8. The number of aromatic hydroxyl groups is 1. The first-order chi connectivity index (χ1) is 16.9. The van der Waals surface area contributed by atoms with Crippen molar-refractivity contribution in [1.29, 1.82) is 0 Å². The van der Waals surface area contributed by atoms with E-state index in [1.807, 2.05) is 0 Å². The number of thiol groups is 1. The summed E-state index contributed by atoms with van der Waals surface area (Å²) < 4.78 is 16.8. The Balaban J connectivity index is 1.91. The molecule has 8 nitrogen and oxygen atoms in total. The first-order valence-corrected chi connectivity index (χ1v) is 11.7. The van der Waals surface area contributed by atoms with Crippen molar-refractivity contribution >= 4 is 41.4 Å². The normalized spacial score (nSPS) is 12.5. The number of rotatable bonds is 10. The summed E-state index contributed by atoms with van der Waals surface area (Å²) in [6, 6.07) is 18.5. The minimum absolute atomic E-state index is 0.0184. The number of carbonyl (C=O) groups is 3. The van der Waals surface area contributed by atoms with Gasteiger partial charge in [0.25, 0.3) is 5.91 Å². The number of carbonyl (C=O) groups excluding carboxylic acids is 3. The zero-order valence-corrected chi connectivity index (χ0v) is 20.1. The van der Waals surface area contributed by atoms with E-state index in [2.05, 4.69) is 17.9 Å². The molecule has 2 amide bonds. The summed E-state index contributed by atoms with van der Waals surface area (Å²) in [5.41, 5.74) is 0.871. The summed E-state index contributed by atoms with van der Waals surface area (Å²) >= 11 is 3.90. The number of imide groups is 1. The third kappa shape index (κ3) is 6.97. The molecule has 0 unspecified atom stereocenters. The molecular formula is C26H27NO7S. The number of phenolic OH excluding ortho intramolecular Hbond substituents is 1. The lowest BCUT2D eigenvalue weighted by atomic mass is 9.95. The van der Waals surface area contributed by atoms with Crippen molar-refractivity contribution in [2.45, 2.75) is 25.6 Å². The molecule has 0 aliphatic rings. The summed E-state index contributed by atoms with van der Waals surface area (Å²) in [5.74, 6) is -1.09. The van der Waals surface area contributed by atoms with Crippen molar-refractivity contribution in [3.63, 3.8) is 0 Å². The maximum Gasteiger partial charge on any atom is 0.414 e. The molecule has 0 spiro atoms. The highest BCUT2D eigenvalue weighted by atomic mass is 32.1. The molecule has 2 N–H and O–H groups in total. The second-order valence-electron chi connectivity index (χ2n) is 7.53. The molecular weight excluding hydrogens is 470 g/mol. The van der Waals surface area contributed by atoms with Crippen LogP contribution in [0.1, 0.15) is 35.4 Å². The van der Waals surface area contributed by atoms with E-state index < -0.39 is 30.2 Å². The standard InChI is InChI=1S/C26H27NO7S/c1-2-32-22(14-15-33-23(29)16-35)24(20-12-13-21(28)19-11-7-6-10-18(19)20)34-26(31)27-25(30)17-8-4-3-5-9-17/h3-13,22,24,28,35H,2,14-16H2,1H3,(H,27,30,31)/t22-,24-/m1/s1. The van der Waals surface area contributed by atoms with Crippen LogP contribution in [-0.4, -0.2) is 48.1 Å². The number of phenols is 1. The molecule has 0 radical (unpaired) electrons. The van der Waals surface area contributed by atoms with Gasteiger partial charge in [0.05, 0.1) is 12.4 Å². The molecule has 184 valence electrons. The Morgan fingerprint density at radius 2 is 1.66 bits per heavy atom. The lowest BCUT2D eigenvalue weighted by Gasteiger charge is -2.28. The topological polar surface area (TPSA) is 111 Å². The summed E-state index contributed by atoms with van der Waals surface area (Å²) in [6.07, 6.45) is -2.43. The van der Waals surface area contributed by atoms with Crippen molar-refractivity contribution in [1.82, 2.24) is 5.32 Å². The Kier molecular flexibility index (Phi) is 9.51. The Hall–Kier alpha value is -3.56. The van der Waals surface area contributed by atoms with Crippen LogP contribution in [0.15, 0.2) is 66.7 Å². The van der Waals surface area contributed by atoms with Gasteiger partial charge in [0.15, 0.2) is 6.10 Å². The third-order valence-electron chi connectivity index (χ3n) is 5.24. The summed E-state index contributed by atoms with van der Waals surface area (Å²) in [7, 11) is 0. The van der Waals surface area contributed by atoms with Gasteiger partial charge in [-0.15, -0.1) is 0 Å². The van der Waals surface area contributed by atoms with E-state index in [4.69, 9.17) is 14.2 Å². The summed E-state index contributed by atoms with van der Waals surface area (Å²) in [4.78, 5) is 36.8. The van der Waals surface area contributed by atoms with Crippen LogP contribution in [-0.2, 0) is 19.0 Å². The second kappa shape index (κ2) is 12.8. The minimum Gasteiger partial charge on any atom is -0.507 e. The first kappa shape index (κ1) is 26.1. The number of hydrogen-bond donors (Lipinski definition) is 3. The van der Waals surface area contributed by atoms with Crippen LogP contribution in [0.4, 0.5) is 4.79 Å². The van der Waals surface area contributed by atoms with Gasteiger partial charge in [0.2, 0.25) is 0 Å². The number of benzene rings is 3. The zero-order valence-electron chi connectivity index (χ0n) is 19.2. The molecule has 9 heteroatoms. The summed E-state index contributed by atoms with van der Waals surface area (Å²) in [6.45, 7) is 2.11. The zero-order chi connectivity index (χ0) is 25.2. The lowest BCUT2D eigenvalue weighted by Crippen LogP contribution is -2.36. The minimum atomic E-state index is -0.973. The molecule has 3 aromatic rings. The van der Waals surface area contributed by atoms with Gasteiger partial charge < -0.3 is 19.3 Å². The van der Waals surface area contributed by atoms with Crippen molar-refractivity contribution in [2.24, 2.45) is 0 Å². The average Bonchev–Trinajstić information content (AvgIpc) is 2.88. The number of ether oxygens (including phenoxy) is 3. The second-order valence-corrected chi connectivity index (χ2v) is 7.84. The smallest absolute Gasteiger partial charge is 0.414 e. The van der Waals surface area contributed by atoms with Crippen LogP contribution < -0.4 is 5.32 Å². The Morgan fingerprint density at radius 1 is 0.971 bits per heavy atom. The number of amides is 2. The van der Waals surface area contributed by atoms with E-state index in [1.165, 1.54) is 6.07 Å². The highest BCUT2D eigenvalue weighted by Gasteiger charge is 2.30. The first-order valence-electron chi connectivity index (χ1n) is 11.1. The third-order valence-corrected chi connectivity index (χ3v) is 5.50. The maximum atomic E-state index is 12.8. The largest absolute Gasteiger partial charge is 0.507 e. The number of alkyl carbamates (subject to hydrolysis) is 1. The Bertz CT molecular complexity index is 1170. The molecule has 0 heterocycles. The molecule has 0 fully saturated rings. The van der Waals surface area contributed by atoms with Crippen LogP contribution in [0.25, 0.3) is 10.8 Å². The molecule has 0 aliphatic carbocycles. The molecule has 3 aromatic carbocycles. The van der Waals surface area contributed by atoms with Gasteiger partial charge in [-0.1, -0.05) is 48.5 Å². The fraction of sp³-hybridized carbons (Fsp3) is 0.269. The van der Waals surface area contributed by atoms with E-state index in [9.17, 15) is 19.5 Å². The van der Waals surface area contributed by atoms with Gasteiger partial charge in [-0.3, -0.25) is 14.9 Å². The van der Waals surface area contributed by atoms with E-state index >= 15 is 0 Å². The summed E-state index contributed by atoms with van der Waals surface area (Å²) in [5, 5.41) is 13.8.